The molecule has 1 rings (SSSR count). The molecule has 0 saturated heterocycles. The fourth-order valence-electron chi connectivity index (χ4n) is 1.32. The van der Waals surface area contributed by atoms with Gasteiger partial charge in [0.1, 0.15) is 0 Å². The van der Waals surface area contributed by atoms with Gasteiger partial charge in [-0.2, -0.15) is 0 Å². The Hall–Kier alpha value is -1.91. The molecule has 0 aliphatic carbocycles. The summed E-state index contributed by atoms with van der Waals surface area (Å²) in [6.45, 7) is 1.96. The quantitative estimate of drug-likeness (QED) is 0.472. The number of carbonyl (C=O) groups excluding carboxylic acids is 1. The molecule has 0 amide bonds. The Labute approximate surface area is 92.9 Å². The number of phenolic OH excluding ortho intramolecular Hbond substituents is 1. The van der Waals surface area contributed by atoms with Gasteiger partial charge in [0, 0.05) is 18.1 Å². The minimum atomic E-state index is -0.702. The van der Waals surface area contributed by atoms with Crippen LogP contribution >= 0.6 is 0 Å². The Balaban J connectivity index is 2.94. The lowest BCUT2D eigenvalue weighted by Crippen LogP contribution is -2.00. The summed E-state index contributed by atoms with van der Waals surface area (Å²) in [4.78, 5) is 21.4. The van der Waals surface area contributed by atoms with Gasteiger partial charge in [0.15, 0.2) is 11.5 Å². The second kappa shape index (κ2) is 5.25. The summed E-state index contributed by atoms with van der Waals surface area (Å²) in [5.41, 5.74) is -0.153. The highest BCUT2D eigenvalue weighted by Crippen LogP contribution is 2.26. The smallest absolute Gasteiger partial charge is 0.311 e. The van der Waals surface area contributed by atoms with Crippen LogP contribution in [0.5, 0.6) is 5.75 Å². The van der Waals surface area contributed by atoms with Crippen LogP contribution in [0.3, 0.4) is 0 Å². The van der Waals surface area contributed by atoms with Gasteiger partial charge in [-0.3, -0.25) is 14.9 Å². The maximum absolute atomic E-state index is 11.6. The fraction of sp³-hybridized carbons (Fsp3) is 0.364. The number of unbranched alkanes of at least 4 members (excludes halogenated alkanes) is 1. The van der Waals surface area contributed by atoms with Crippen molar-refractivity contribution >= 4 is 11.5 Å². The zero-order valence-electron chi connectivity index (χ0n) is 8.97. The van der Waals surface area contributed by atoms with Crippen molar-refractivity contribution in [2.24, 2.45) is 0 Å². The Kier molecular flexibility index (Phi) is 3.99. The summed E-state index contributed by atoms with van der Waals surface area (Å²) in [5.74, 6) is -0.554. The molecule has 0 aromatic heterocycles. The van der Waals surface area contributed by atoms with Crippen molar-refractivity contribution in [2.45, 2.75) is 26.2 Å². The number of aromatic hydroxyl groups is 1. The minimum Gasteiger partial charge on any atom is -0.502 e. The van der Waals surface area contributed by atoms with Gasteiger partial charge < -0.3 is 5.11 Å². The number of nitro groups is 1. The molecule has 0 unspecified atom stereocenters. The van der Waals surface area contributed by atoms with Crippen LogP contribution < -0.4 is 0 Å². The van der Waals surface area contributed by atoms with E-state index in [-0.39, 0.29) is 11.3 Å². The largest absolute Gasteiger partial charge is 0.502 e. The minimum absolute atomic E-state index is 0.134. The summed E-state index contributed by atoms with van der Waals surface area (Å²) in [5, 5.41) is 19.8. The highest BCUT2D eigenvalue weighted by Gasteiger charge is 2.16. The fourth-order valence-corrected chi connectivity index (χ4v) is 1.32. The van der Waals surface area contributed by atoms with E-state index in [1.165, 1.54) is 12.1 Å². The van der Waals surface area contributed by atoms with Gasteiger partial charge in [0.2, 0.25) is 0 Å². The molecule has 16 heavy (non-hydrogen) atoms. The van der Waals surface area contributed by atoms with Gasteiger partial charge >= 0.3 is 5.69 Å². The topological polar surface area (TPSA) is 80.4 Å². The molecule has 0 aliphatic rings. The van der Waals surface area contributed by atoms with E-state index in [0.717, 1.165) is 18.9 Å². The van der Waals surface area contributed by atoms with E-state index in [1.807, 2.05) is 6.92 Å². The van der Waals surface area contributed by atoms with Gasteiger partial charge in [-0.1, -0.05) is 13.3 Å². The van der Waals surface area contributed by atoms with Gasteiger partial charge in [-0.15, -0.1) is 0 Å². The molecule has 1 aromatic carbocycles. The lowest BCUT2D eigenvalue weighted by molar-refractivity contribution is -0.385. The van der Waals surface area contributed by atoms with Gasteiger partial charge in [-0.25, -0.2) is 0 Å². The van der Waals surface area contributed by atoms with Crippen molar-refractivity contribution in [3.63, 3.8) is 0 Å². The average Bonchev–Trinajstić information content (AvgIpc) is 2.26. The van der Waals surface area contributed by atoms with Crippen LogP contribution in [0.2, 0.25) is 0 Å². The van der Waals surface area contributed by atoms with Gasteiger partial charge in [0.25, 0.3) is 0 Å². The van der Waals surface area contributed by atoms with Crippen molar-refractivity contribution in [1.29, 1.82) is 0 Å². The highest BCUT2D eigenvalue weighted by atomic mass is 16.6. The molecular formula is C11H13NO4. The Bertz CT molecular complexity index is 414. The monoisotopic (exact) mass is 223 g/mol. The SMILES string of the molecule is CCCCC(=O)c1ccc(O)c([N+](=O)[O-])c1. The first-order valence-electron chi connectivity index (χ1n) is 5.07. The van der Waals surface area contributed by atoms with Crippen LogP contribution in [-0.2, 0) is 0 Å². The Morgan fingerprint density at radius 1 is 1.50 bits per heavy atom. The van der Waals surface area contributed by atoms with E-state index in [4.69, 9.17) is 0 Å². The lowest BCUT2D eigenvalue weighted by atomic mass is 10.0. The number of Topliss-reactive ketones (excluding diaryl/α,β-unsaturated/α-hetero) is 1. The maximum Gasteiger partial charge on any atom is 0.311 e. The molecule has 5 nitrogen and oxygen atoms in total. The summed E-state index contributed by atoms with van der Waals surface area (Å²) < 4.78 is 0. The molecule has 1 N–H and O–H groups in total. The molecule has 5 heteroatoms. The van der Waals surface area contributed by atoms with Gasteiger partial charge in [0.05, 0.1) is 4.92 Å². The Morgan fingerprint density at radius 3 is 2.75 bits per heavy atom. The first kappa shape index (κ1) is 12.2. The third kappa shape index (κ3) is 2.79. The first-order chi connectivity index (χ1) is 7.56. The molecular weight excluding hydrogens is 210 g/mol. The highest BCUT2D eigenvalue weighted by molar-refractivity contribution is 5.96. The second-order valence-electron chi connectivity index (χ2n) is 3.49. The van der Waals surface area contributed by atoms with E-state index in [2.05, 4.69) is 0 Å². The number of nitro benzene ring substituents is 1. The van der Waals surface area contributed by atoms with Crippen molar-refractivity contribution in [1.82, 2.24) is 0 Å². The summed E-state index contributed by atoms with van der Waals surface area (Å²) in [6.07, 6.45) is 2.03. The molecule has 1 aromatic rings. The number of hydrogen-bond donors (Lipinski definition) is 1. The maximum atomic E-state index is 11.6. The summed E-state index contributed by atoms with van der Waals surface area (Å²) in [6, 6.07) is 3.70. The number of hydrogen-bond acceptors (Lipinski definition) is 4. The Morgan fingerprint density at radius 2 is 2.19 bits per heavy atom. The van der Waals surface area contributed by atoms with Crippen molar-refractivity contribution < 1.29 is 14.8 Å². The predicted molar refractivity (Wildman–Crippen MR) is 58.6 cm³/mol. The van der Waals surface area contributed by atoms with E-state index in [9.17, 15) is 20.0 Å². The number of phenols is 1. The van der Waals surface area contributed by atoms with Crippen molar-refractivity contribution in [3.8, 4) is 5.75 Å². The van der Waals surface area contributed by atoms with Crippen LogP contribution in [0.4, 0.5) is 5.69 Å². The lowest BCUT2D eigenvalue weighted by Gasteiger charge is -2.01. The van der Waals surface area contributed by atoms with Crippen LogP contribution in [0.15, 0.2) is 18.2 Å². The number of nitrogens with zero attached hydrogens (tertiary/aromatic N) is 1. The number of benzene rings is 1. The molecule has 0 heterocycles. The molecule has 0 bridgehead atoms. The zero-order valence-corrected chi connectivity index (χ0v) is 8.97. The second-order valence-corrected chi connectivity index (χ2v) is 3.49. The molecule has 0 aliphatic heterocycles. The van der Waals surface area contributed by atoms with Crippen LogP contribution in [-0.4, -0.2) is 15.8 Å². The molecule has 86 valence electrons. The standard InChI is InChI=1S/C11H13NO4/c1-2-3-4-10(13)8-5-6-11(14)9(7-8)12(15)16/h5-7,14H,2-4H2,1H3. The van der Waals surface area contributed by atoms with E-state index >= 15 is 0 Å². The van der Waals surface area contributed by atoms with Gasteiger partial charge in [-0.05, 0) is 18.6 Å². The van der Waals surface area contributed by atoms with Crippen LogP contribution in [0.1, 0.15) is 36.5 Å². The van der Waals surface area contributed by atoms with Crippen LogP contribution in [0.25, 0.3) is 0 Å². The number of rotatable bonds is 5. The molecule has 0 spiro atoms. The molecule has 0 atom stereocenters. The summed E-state index contributed by atoms with van der Waals surface area (Å²) in [7, 11) is 0. The number of ketones is 1. The van der Waals surface area contributed by atoms with Crippen molar-refractivity contribution in [2.75, 3.05) is 0 Å². The molecule has 0 saturated carbocycles. The number of carbonyl (C=O) groups is 1. The first-order valence-corrected chi connectivity index (χ1v) is 5.07. The normalized spacial score (nSPS) is 10.1. The predicted octanol–water partition coefficient (Wildman–Crippen LogP) is 2.67. The third-order valence-electron chi connectivity index (χ3n) is 2.25. The van der Waals surface area contributed by atoms with E-state index < -0.39 is 16.4 Å². The third-order valence-corrected chi connectivity index (χ3v) is 2.25. The molecule has 0 fully saturated rings. The van der Waals surface area contributed by atoms with Crippen molar-refractivity contribution in [3.05, 3.63) is 33.9 Å². The zero-order chi connectivity index (χ0) is 12.1. The summed E-state index contributed by atoms with van der Waals surface area (Å²) >= 11 is 0. The van der Waals surface area contributed by atoms with Crippen LogP contribution in [0, 0.1) is 10.1 Å². The molecule has 0 radical (unpaired) electrons. The average molecular weight is 223 g/mol. The van der Waals surface area contributed by atoms with E-state index in [0.29, 0.717) is 6.42 Å². The van der Waals surface area contributed by atoms with E-state index in [1.54, 1.807) is 0 Å².